The fourth-order valence-electron chi connectivity index (χ4n) is 3.59. The Hall–Kier alpha value is -3.16. The predicted octanol–water partition coefficient (Wildman–Crippen LogP) is 2.36. The molecule has 1 aliphatic carbocycles. The number of rotatable bonds is 4. The maximum Gasteiger partial charge on any atom is 0.281 e. The number of para-hydroxylation sites is 2. The number of imidazole rings is 2. The van der Waals surface area contributed by atoms with Crippen LogP contribution in [0, 0.1) is 0 Å². The lowest BCUT2D eigenvalue weighted by Gasteiger charge is -2.32. The Morgan fingerprint density at radius 3 is 2.65 bits per heavy atom. The van der Waals surface area contributed by atoms with Crippen molar-refractivity contribution in [2.75, 3.05) is 4.90 Å². The highest BCUT2D eigenvalue weighted by atomic mass is 16.2. The summed E-state index contributed by atoms with van der Waals surface area (Å²) in [5.74, 6) is -0.605. The minimum atomic E-state index is -0.709. The number of hydrogen-bond donors (Lipinski definition) is 3. The first-order valence-electron chi connectivity index (χ1n) is 8.76. The van der Waals surface area contributed by atoms with Gasteiger partial charge in [0.15, 0.2) is 5.69 Å². The van der Waals surface area contributed by atoms with E-state index in [9.17, 15) is 9.59 Å². The summed E-state index contributed by atoms with van der Waals surface area (Å²) in [5.41, 5.74) is 7.06. The van der Waals surface area contributed by atoms with Crippen LogP contribution in [0.15, 0.2) is 30.6 Å². The molecule has 2 heterocycles. The zero-order valence-electron chi connectivity index (χ0n) is 14.2. The molecule has 0 atom stereocenters. The number of nitrogens with two attached hydrogens (primary N) is 1. The van der Waals surface area contributed by atoms with E-state index in [1.807, 2.05) is 24.3 Å². The molecule has 4 N–H and O–H groups in total. The van der Waals surface area contributed by atoms with Crippen LogP contribution in [0.4, 0.5) is 5.95 Å². The van der Waals surface area contributed by atoms with Gasteiger partial charge >= 0.3 is 0 Å². The summed E-state index contributed by atoms with van der Waals surface area (Å²) < 4.78 is 0. The minimum absolute atomic E-state index is 0.00855. The van der Waals surface area contributed by atoms with Crippen molar-refractivity contribution >= 4 is 28.8 Å². The number of nitrogens with one attached hydrogen (secondary N) is 2. The Balaban J connectivity index is 1.78. The number of fused-ring (bicyclic) bond motifs is 1. The zero-order valence-corrected chi connectivity index (χ0v) is 14.2. The van der Waals surface area contributed by atoms with Gasteiger partial charge in [0.1, 0.15) is 5.69 Å². The van der Waals surface area contributed by atoms with Gasteiger partial charge in [-0.2, -0.15) is 0 Å². The lowest BCUT2D eigenvalue weighted by molar-refractivity contribution is 0.0942. The van der Waals surface area contributed by atoms with Crippen molar-refractivity contribution in [2.45, 2.75) is 38.1 Å². The van der Waals surface area contributed by atoms with Crippen LogP contribution in [-0.2, 0) is 0 Å². The largest absolute Gasteiger partial charge is 0.364 e. The van der Waals surface area contributed by atoms with Crippen molar-refractivity contribution in [2.24, 2.45) is 5.73 Å². The third kappa shape index (κ3) is 2.83. The van der Waals surface area contributed by atoms with Crippen molar-refractivity contribution in [3.63, 3.8) is 0 Å². The van der Waals surface area contributed by atoms with Crippen LogP contribution in [0.5, 0.6) is 0 Å². The smallest absolute Gasteiger partial charge is 0.281 e. The third-order valence-corrected chi connectivity index (χ3v) is 4.85. The number of carbonyl (C=O) groups excluding carboxylic acids is 2. The van der Waals surface area contributed by atoms with Gasteiger partial charge in [0.25, 0.3) is 11.8 Å². The van der Waals surface area contributed by atoms with Gasteiger partial charge in [0, 0.05) is 6.04 Å². The number of amides is 2. The van der Waals surface area contributed by atoms with Crippen molar-refractivity contribution in [1.82, 2.24) is 19.9 Å². The SMILES string of the molecule is NC(=O)c1[nH]cnc1C(=O)N(c1nc2ccccc2[nH]1)C1CCCCC1. The van der Waals surface area contributed by atoms with E-state index in [-0.39, 0.29) is 23.3 Å². The first kappa shape index (κ1) is 16.3. The van der Waals surface area contributed by atoms with E-state index in [0.717, 1.165) is 43.1 Å². The molecule has 134 valence electrons. The van der Waals surface area contributed by atoms with Gasteiger partial charge in [-0.15, -0.1) is 0 Å². The first-order chi connectivity index (χ1) is 12.6. The Morgan fingerprint density at radius 2 is 1.92 bits per heavy atom. The number of hydrogen-bond acceptors (Lipinski definition) is 4. The van der Waals surface area contributed by atoms with Crippen molar-refractivity contribution < 1.29 is 9.59 Å². The Kier molecular flexibility index (Phi) is 4.16. The highest BCUT2D eigenvalue weighted by Gasteiger charge is 2.33. The molecule has 1 aromatic carbocycles. The summed E-state index contributed by atoms with van der Waals surface area (Å²) in [6.07, 6.45) is 6.35. The van der Waals surface area contributed by atoms with E-state index in [4.69, 9.17) is 5.73 Å². The van der Waals surface area contributed by atoms with E-state index in [2.05, 4.69) is 19.9 Å². The van der Waals surface area contributed by atoms with Crippen LogP contribution in [0.3, 0.4) is 0 Å². The molecule has 8 nitrogen and oxygen atoms in total. The average Bonchev–Trinajstić information content (AvgIpc) is 3.29. The monoisotopic (exact) mass is 352 g/mol. The van der Waals surface area contributed by atoms with Crippen LogP contribution >= 0.6 is 0 Å². The number of benzene rings is 1. The molecule has 1 aliphatic rings. The quantitative estimate of drug-likeness (QED) is 0.667. The van der Waals surface area contributed by atoms with E-state index in [0.29, 0.717) is 5.95 Å². The minimum Gasteiger partial charge on any atom is -0.364 e. The molecule has 2 amide bonds. The standard InChI is InChI=1S/C18H20N6O2/c19-16(25)14-15(21-10-20-14)17(26)24(11-6-2-1-3-7-11)18-22-12-8-4-5-9-13(12)23-18/h4-5,8-11H,1-3,6-7H2,(H2,19,25)(H,20,21)(H,22,23). The summed E-state index contributed by atoms with van der Waals surface area (Å²) in [4.78, 5) is 41.1. The van der Waals surface area contributed by atoms with Crippen LogP contribution in [-0.4, -0.2) is 37.8 Å². The first-order valence-corrected chi connectivity index (χ1v) is 8.76. The number of aromatic nitrogens is 4. The van der Waals surface area contributed by atoms with Gasteiger partial charge in [-0.25, -0.2) is 9.97 Å². The van der Waals surface area contributed by atoms with E-state index < -0.39 is 5.91 Å². The number of anilines is 1. The maximum atomic E-state index is 13.3. The molecule has 0 saturated heterocycles. The Morgan fingerprint density at radius 1 is 1.15 bits per heavy atom. The molecule has 26 heavy (non-hydrogen) atoms. The molecule has 1 saturated carbocycles. The maximum absolute atomic E-state index is 13.3. The summed E-state index contributed by atoms with van der Waals surface area (Å²) in [6.45, 7) is 0. The van der Waals surface area contributed by atoms with Gasteiger partial charge in [0.05, 0.1) is 17.4 Å². The van der Waals surface area contributed by atoms with Crippen LogP contribution in [0.2, 0.25) is 0 Å². The number of carbonyl (C=O) groups is 2. The highest BCUT2D eigenvalue weighted by molar-refractivity contribution is 6.11. The van der Waals surface area contributed by atoms with Gasteiger partial charge in [-0.1, -0.05) is 31.4 Å². The number of aromatic amines is 2. The molecule has 2 aromatic heterocycles. The molecule has 1 fully saturated rings. The van der Waals surface area contributed by atoms with Gasteiger partial charge in [-0.3, -0.25) is 14.5 Å². The van der Waals surface area contributed by atoms with Crippen molar-refractivity contribution in [3.05, 3.63) is 42.0 Å². The second-order valence-electron chi connectivity index (χ2n) is 6.53. The van der Waals surface area contributed by atoms with Gasteiger partial charge in [-0.05, 0) is 25.0 Å². The lowest BCUT2D eigenvalue weighted by Crippen LogP contribution is -2.43. The summed E-state index contributed by atoms with van der Waals surface area (Å²) in [5, 5.41) is 0. The van der Waals surface area contributed by atoms with Gasteiger partial charge < -0.3 is 15.7 Å². The second kappa shape index (κ2) is 6.62. The average molecular weight is 352 g/mol. The van der Waals surface area contributed by atoms with E-state index in [1.165, 1.54) is 6.33 Å². The summed E-state index contributed by atoms with van der Waals surface area (Å²) in [7, 11) is 0. The number of H-pyrrole nitrogens is 2. The highest BCUT2D eigenvalue weighted by Crippen LogP contribution is 2.29. The molecule has 8 heteroatoms. The predicted molar refractivity (Wildman–Crippen MR) is 96.9 cm³/mol. The van der Waals surface area contributed by atoms with Crippen molar-refractivity contribution in [1.29, 1.82) is 0 Å². The van der Waals surface area contributed by atoms with Crippen molar-refractivity contribution in [3.8, 4) is 0 Å². The molecule has 0 aliphatic heterocycles. The van der Waals surface area contributed by atoms with Crippen LogP contribution in [0.1, 0.15) is 53.1 Å². The zero-order chi connectivity index (χ0) is 18.1. The normalized spacial score (nSPS) is 15.2. The van der Waals surface area contributed by atoms with Crippen LogP contribution < -0.4 is 10.6 Å². The number of nitrogens with zero attached hydrogens (tertiary/aromatic N) is 3. The third-order valence-electron chi connectivity index (χ3n) is 4.85. The lowest BCUT2D eigenvalue weighted by atomic mass is 9.94. The molecule has 3 aromatic rings. The molecule has 0 spiro atoms. The van der Waals surface area contributed by atoms with Crippen LogP contribution in [0.25, 0.3) is 11.0 Å². The van der Waals surface area contributed by atoms with Gasteiger partial charge in [0.2, 0.25) is 5.95 Å². The van der Waals surface area contributed by atoms with E-state index in [1.54, 1.807) is 4.90 Å². The van der Waals surface area contributed by atoms with E-state index >= 15 is 0 Å². The summed E-state index contributed by atoms with van der Waals surface area (Å²) in [6, 6.07) is 7.63. The molecular formula is C18H20N6O2. The fraction of sp³-hybridized carbons (Fsp3) is 0.333. The Bertz CT molecular complexity index is 920. The molecule has 0 unspecified atom stereocenters. The Labute approximate surface area is 149 Å². The second-order valence-corrected chi connectivity index (χ2v) is 6.53. The molecular weight excluding hydrogens is 332 g/mol. The summed E-state index contributed by atoms with van der Waals surface area (Å²) >= 11 is 0. The number of primary amides is 1. The molecule has 4 rings (SSSR count). The fourth-order valence-corrected chi connectivity index (χ4v) is 3.59. The topological polar surface area (TPSA) is 121 Å². The molecule has 0 radical (unpaired) electrons. The molecule has 0 bridgehead atoms.